The fraction of sp³-hybridized carbons (Fsp3) is 0.636. The lowest BCUT2D eigenvalue weighted by Gasteiger charge is -2.36. The lowest BCUT2D eigenvalue weighted by molar-refractivity contribution is -0.131. The summed E-state index contributed by atoms with van der Waals surface area (Å²) in [6, 6.07) is 7.87. The van der Waals surface area contributed by atoms with Crippen LogP contribution in [0, 0.1) is 5.92 Å². The van der Waals surface area contributed by atoms with Gasteiger partial charge < -0.3 is 9.80 Å². The smallest absolute Gasteiger partial charge is 0.222 e. The van der Waals surface area contributed by atoms with E-state index in [0.717, 1.165) is 56.2 Å². The third kappa shape index (κ3) is 6.15. The van der Waals surface area contributed by atoms with Gasteiger partial charge in [-0.1, -0.05) is 40.0 Å². The monoisotopic (exact) mass is 358 g/mol. The van der Waals surface area contributed by atoms with Gasteiger partial charge >= 0.3 is 0 Å². The summed E-state index contributed by atoms with van der Waals surface area (Å²) in [5.41, 5.74) is 1.92. The molecular weight excluding hydrogens is 324 g/mol. The molecule has 0 saturated carbocycles. The van der Waals surface area contributed by atoms with E-state index in [1.54, 1.807) is 0 Å². The summed E-state index contributed by atoms with van der Waals surface area (Å²) >= 11 is 0. The van der Waals surface area contributed by atoms with Crippen LogP contribution < -0.4 is 4.90 Å². The van der Waals surface area contributed by atoms with E-state index < -0.39 is 0 Å². The van der Waals surface area contributed by atoms with Crippen molar-refractivity contribution >= 4 is 17.4 Å². The normalized spacial score (nSPS) is 14.8. The summed E-state index contributed by atoms with van der Waals surface area (Å²) in [5.74, 6) is 1.24. The Morgan fingerprint density at radius 2 is 1.62 bits per heavy atom. The van der Waals surface area contributed by atoms with E-state index in [9.17, 15) is 9.59 Å². The Morgan fingerprint density at radius 1 is 0.962 bits per heavy atom. The van der Waals surface area contributed by atoms with Crippen LogP contribution >= 0.6 is 0 Å². The molecule has 1 amide bonds. The number of hydrogen-bond donors (Lipinski definition) is 0. The van der Waals surface area contributed by atoms with Crippen LogP contribution in [0.25, 0.3) is 0 Å². The third-order valence-corrected chi connectivity index (χ3v) is 5.18. The van der Waals surface area contributed by atoms with E-state index in [4.69, 9.17) is 0 Å². The van der Waals surface area contributed by atoms with Gasteiger partial charge in [-0.2, -0.15) is 0 Å². The number of carbonyl (C=O) groups is 2. The Bertz CT molecular complexity index is 572. The van der Waals surface area contributed by atoms with Crippen LogP contribution in [0.15, 0.2) is 24.3 Å². The number of carbonyl (C=O) groups excluding carboxylic acids is 2. The largest absolute Gasteiger partial charge is 0.368 e. The van der Waals surface area contributed by atoms with Gasteiger partial charge in [0.05, 0.1) is 0 Å². The number of anilines is 1. The van der Waals surface area contributed by atoms with Gasteiger partial charge in [0.25, 0.3) is 0 Å². The first-order valence-corrected chi connectivity index (χ1v) is 10.2. The number of ketones is 1. The van der Waals surface area contributed by atoms with E-state index in [1.807, 2.05) is 36.1 Å². The zero-order valence-electron chi connectivity index (χ0n) is 16.7. The second-order valence-corrected chi connectivity index (χ2v) is 7.68. The van der Waals surface area contributed by atoms with Gasteiger partial charge in [0.1, 0.15) is 0 Å². The van der Waals surface area contributed by atoms with Crippen molar-refractivity contribution in [3.05, 3.63) is 29.8 Å². The zero-order valence-corrected chi connectivity index (χ0v) is 16.7. The third-order valence-electron chi connectivity index (χ3n) is 5.18. The molecule has 1 aromatic rings. The first-order valence-electron chi connectivity index (χ1n) is 10.2. The zero-order chi connectivity index (χ0) is 18.9. The molecule has 4 nitrogen and oxygen atoms in total. The highest BCUT2D eigenvalue weighted by atomic mass is 16.2. The number of nitrogens with zero attached hydrogens (tertiary/aromatic N) is 2. The van der Waals surface area contributed by atoms with Crippen LogP contribution in [-0.4, -0.2) is 42.8 Å². The molecule has 0 aromatic heterocycles. The van der Waals surface area contributed by atoms with Gasteiger partial charge in [0.2, 0.25) is 5.91 Å². The highest BCUT2D eigenvalue weighted by Crippen LogP contribution is 2.19. The van der Waals surface area contributed by atoms with E-state index in [2.05, 4.69) is 18.7 Å². The van der Waals surface area contributed by atoms with Crippen LogP contribution in [-0.2, 0) is 4.79 Å². The summed E-state index contributed by atoms with van der Waals surface area (Å²) in [6.07, 6.45) is 5.89. The second-order valence-electron chi connectivity index (χ2n) is 7.68. The van der Waals surface area contributed by atoms with Crippen LogP contribution in [0.1, 0.15) is 69.7 Å². The molecule has 1 aromatic carbocycles. The molecule has 0 spiro atoms. The number of hydrogen-bond acceptors (Lipinski definition) is 3. The number of piperazine rings is 1. The van der Waals surface area contributed by atoms with Crippen molar-refractivity contribution in [1.82, 2.24) is 4.90 Å². The number of Topliss-reactive ketones (excluding diaryl/α,β-unsaturated/α-hetero) is 1. The second kappa shape index (κ2) is 10.3. The van der Waals surface area contributed by atoms with Gasteiger partial charge in [-0.15, -0.1) is 0 Å². The summed E-state index contributed by atoms with van der Waals surface area (Å²) in [5, 5.41) is 0. The standard InChI is InChI=1S/C22H34N2O2/c1-4-21(25)19-10-12-20(13-11-19)23-14-16-24(17-15-23)22(26)9-7-5-6-8-18(2)3/h10-13,18H,4-9,14-17H2,1-3H3. The lowest BCUT2D eigenvalue weighted by Crippen LogP contribution is -2.48. The van der Waals surface area contributed by atoms with E-state index in [1.165, 1.54) is 12.8 Å². The summed E-state index contributed by atoms with van der Waals surface area (Å²) in [6.45, 7) is 9.69. The maximum absolute atomic E-state index is 12.4. The summed E-state index contributed by atoms with van der Waals surface area (Å²) in [7, 11) is 0. The highest BCUT2D eigenvalue weighted by Gasteiger charge is 2.21. The average molecular weight is 359 g/mol. The van der Waals surface area contributed by atoms with Crippen molar-refractivity contribution in [3.63, 3.8) is 0 Å². The highest BCUT2D eigenvalue weighted by molar-refractivity contribution is 5.96. The van der Waals surface area contributed by atoms with Crippen LogP contribution in [0.4, 0.5) is 5.69 Å². The van der Waals surface area contributed by atoms with E-state index in [0.29, 0.717) is 18.7 Å². The van der Waals surface area contributed by atoms with Crippen molar-refractivity contribution in [2.24, 2.45) is 5.92 Å². The quantitative estimate of drug-likeness (QED) is 0.481. The first kappa shape index (κ1) is 20.5. The van der Waals surface area contributed by atoms with E-state index in [-0.39, 0.29) is 5.78 Å². The molecule has 1 saturated heterocycles. The number of unbranched alkanes of at least 4 members (excludes halogenated alkanes) is 2. The SMILES string of the molecule is CCC(=O)c1ccc(N2CCN(C(=O)CCCCCC(C)C)CC2)cc1. The van der Waals surface area contributed by atoms with Gasteiger partial charge in [-0.3, -0.25) is 9.59 Å². The maximum Gasteiger partial charge on any atom is 0.222 e. The van der Waals surface area contributed by atoms with Crippen molar-refractivity contribution in [2.45, 2.75) is 59.3 Å². The topological polar surface area (TPSA) is 40.6 Å². The predicted molar refractivity (Wildman–Crippen MR) is 108 cm³/mol. The molecule has 0 N–H and O–H groups in total. The molecule has 26 heavy (non-hydrogen) atoms. The van der Waals surface area contributed by atoms with Gasteiger partial charge in [-0.05, 0) is 36.6 Å². The fourth-order valence-corrected chi connectivity index (χ4v) is 3.44. The Morgan fingerprint density at radius 3 is 2.19 bits per heavy atom. The van der Waals surface area contributed by atoms with Gasteiger partial charge in [0, 0.05) is 50.3 Å². The van der Waals surface area contributed by atoms with Gasteiger partial charge in [-0.25, -0.2) is 0 Å². The Kier molecular flexibility index (Phi) is 8.14. The van der Waals surface area contributed by atoms with Crippen molar-refractivity contribution in [1.29, 1.82) is 0 Å². The average Bonchev–Trinajstić information content (AvgIpc) is 2.67. The molecule has 1 aliphatic rings. The molecular formula is C22H34N2O2. The molecule has 4 heteroatoms. The molecule has 0 bridgehead atoms. The molecule has 1 fully saturated rings. The van der Waals surface area contributed by atoms with Gasteiger partial charge in [0.15, 0.2) is 5.78 Å². The fourth-order valence-electron chi connectivity index (χ4n) is 3.44. The summed E-state index contributed by atoms with van der Waals surface area (Å²) in [4.78, 5) is 28.4. The minimum Gasteiger partial charge on any atom is -0.368 e. The molecule has 0 unspecified atom stereocenters. The molecule has 144 valence electrons. The molecule has 0 radical (unpaired) electrons. The molecule has 1 aliphatic heterocycles. The van der Waals surface area contributed by atoms with Crippen LogP contribution in [0.5, 0.6) is 0 Å². The maximum atomic E-state index is 12.4. The van der Waals surface area contributed by atoms with Crippen molar-refractivity contribution in [3.8, 4) is 0 Å². The van der Waals surface area contributed by atoms with E-state index >= 15 is 0 Å². The lowest BCUT2D eigenvalue weighted by atomic mass is 10.0. The Labute approximate surface area is 158 Å². The predicted octanol–water partition coefficient (Wildman–Crippen LogP) is 4.53. The first-order chi connectivity index (χ1) is 12.5. The van der Waals surface area contributed by atoms with Crippen molar-refractivity contribution in [2.75, 3.05) is 31.1 Å². The number of benzene rings is 1. The minimum absolute atomic E-state index is 0.181. The minimum atomic E-state index is 0.181. The van der Waals surface area contributed by atoms with Crippen molar-refractivity contribution < 1.29 is 9.59 Å². The summed E-state index contributed by atoms with van der Waals surface area (Å²) < 4.78 is 0. The number of amides is 1. The Balaban J connectivity index is 1.72. The molecule has 0 aliphatic carbocycles. The molecule has 1 heterocycles. The van der Waals surface area contributed by atoms with Crippen LogP contribution in [0.3, 0.4) is 0 Å². The van der Waals surface area contributed by atoms with Crippen LogP contribution in [0.2, 0.25) is 0 Å². The number of rotatable bonds is 9. The Hall–Kier alpha value is -1.84. The molecule has 2 rings (SSSR count). The molecule has 0 atom stereocenters.